The smallest absolute Gasteiger partial charge is 0.256 e. The first-order valence-corrected chi connectivity index (χ1v) is 6.78. The molecule has 0 spiro atoms. The van der Waals surface area contributed by atoms with Crippen molar-refractivity contribution >= 4 is 39.1 Å². The highest BCUT2D eigenvalue weighted by atomic mass is 32.1. The Labute approximate surface area is 113 Å². The van der Waals surface area contributed by atoms with Gasteiger partial charge in [0.25, 0.3) is 0 Å². The first-order valence-electron chi connectivity index (χ1n) is 5.96. The minimum absolute atomic E-state index is 0.00371. The van der Waals surface area contributed by atoms with Gasteiger partial charge in [0.05, 0.1) is 15.9 Å². The van der Waals surface area contributed by atoms with Crippen molar-refractivity contribution in [3.05, 3.63) is 63.8 Å². The Balaban J connectivity index is 1.94. The summed E-state index contributed by atoms with van der Waals surface area (Å²) in [4.78, 5) is 12.2. The molecule has 0 amide bonds. The lowest BCUT2D eigenvalue weighted by atomic mass is 10.2. The van der Waals surface area contributed by atoms with Gasteiger partial charge in [-0.05, 0) is 24.3 Å². The molecule has 1 aliphatic heterocycles. The number of nitrogens with zero attached hydrogens (tertiary/aromatic N) is 2. The van der Waals surface area contributed by atoms with Crippen molar-refractivity contribution in [2.24, 2.45) is 0 Å². The molecule has 0 aliphatic carbocycles. The highest BCUT2D eigenvalue weighted by Crippen LogP contribution is 2.30. The molecule has 4 rings (SSSR count). The van der Waals surface area contributed by atoms with E-state index in [1.54, 1.807) is 4.57 Å². The van der Waals surface area contributed by atoms with Crippen molar-refractivity contribution in [2.75, 3.05) is 0 Å². The second-order valence-electron chi connectivity index (χ2n) is 4.34. The van der Waals surface area contributed by atoms with Crippen molar-refractivity contribution in [3.8, 4) is 0 Å². The number of fused-ring (bicyclic) bond motifs is 2. The van der Waals surface area contributed by atoms with Gasteiger partial charge in [-0.2, -0.15) is 0 Å². The number of benzene rings is 2. The van der Waals surface area contributed by atoms with E-state index in [-0.39, 0.29) is 4.87 Å². The molecule has 0 bridgehead atoms. The van der Waals surface area contributed by atoms with E-state index in [1.807, 2.05) is 54.6 Å². The van der Waals surface area contributed by atoms with Crippen LogP contribution in [0.5, 0.6) is 0 Å². The Hall–Kier alpha value is -2.33. The van der Waals surface area contributed by atoms with Crippen LogP contribution in [0.4, 0.5) is 5.69 Å². The summed E-state index contributed by atoms with van der Waals surface area (Å²) in [7, 11) is 0. The molecule has 3 nitrogen and oxygen atoms in total. The Morgan fingerprint density at radius 2 is 1.79 bits per heavy atom. The van der Waals surface area contributed by atoms with Gasteiger partial charge in [-0.3, -0.25) is 9.36 Å². The normalized spacial score (nSPS) is 13.2. The molecule has 0 N–H and O–H groups in total. The summed E-state index contributed by atoms with van der Waals surface area (Å²) in [5.74, 6) is 0.698. The first-order chi connectivity index (χ1) is 9.33. The number of rotatable bonds is 1. The Morgan fingerprint density at radius 3 is 2.68 bits per heavy atom. The van der Waals surface area contributed by atoms with E-state index in [9.17, 15) is 4.79 Å². The first kappa shape index (κ1) is 10.6. The summed E-state index contributed by atoms with van der Waals surface area (Å²) in [6.45, 7) is 0. The number of thiazole rings is 1. The summed E-state index contributed by atoms with van der Waals surface area (Å²) < 4.78 is 2.67. The maximum absolute atomic E-state index is 12.2. The van der Waals surface area contributed by atoms with Crippen LogP contribution in [0.25, 0.3) is 22.1 Å². The van der Waals surface area contributed by atoms with Gasteiger partial charge < -0.3 is 0 Å². The lowest BCUT2D eigenvalue weighted by Gasteiger charge is -2.03. The fourth-order valence-corrected chi connectivity index (χ4v) is 3.19. The van der Waals surface area contributed by atoms with Crippen LogP contribution < -0.4 is 10.2 Å². The third kappa shape index (κ3) is 1.54. The third-order valence-electron chi connectivity index (χ3n) is 3.17. The molecule has 0 atom stereocenters. The van der Waals surface area contributed by atoms with Crippen LogP contribution in [-0.2, 0) is 0 Å². The second kappa shape index (κ2) is 3.83. The molecule has 4 heteroatoms. The zero-order chi connectivity index (χ0) is 12.8. The minimum Gasteiger partial charge on any atom is -0.256 e. The van der Waals surface area contributed by atoms with Crippen molar-refractivity contribution in [3.63, 3.8) is 0 Å². The van der Waals surface area contributed by atoms with Gasteiger partial charge in [-0.15, -0.1) is 0 Å². The van der Waals surface area contributed by atoms with E-state index >= 15 is 0 Å². The Morgan fingerprint density at radius 1 is 1.00 bits per heavy atom. The molecule has 2 heterocycles. The fraction of sp³-hybridized carbons (Fsp3) is 0. The summed E-state index contributed by atoms with van der Waals surface area (Å²) in [6, 6.07) is 15.7. The average molecular weight is 265 g/mol. The molecule has 0 saturated heterocycles. The van der Waals surface area contributed by atoms with Gasteiger partial charge in [0, 0.05) is 5.56 Å². The van der Waals surface area contributed by atoms with Gasteiger partial charge in [-0.1, -0.05) is 41.7 Å². The topological polar surface area (TPSA) is 36.1 Å². The van der Waals surface area contributed by atoms with Gasteiger partial charge >= 0.3 is 4.87 Å². The zero-order valence-corrected chi connectivity index (χ0v) is 10.7. The molecule has 0 unspecified atom stereocenters. The molecular weight excluding hydrogens is 256 g/mol. The SMILES string of the molecule is O=c1sc2ccccc2n1C1=Cc2ccccc2[N]1. The van der Waals surface area contributed by atoms with Crippen molar-refractivity contribution in [1.29, 1.82) is 0 Å². The van der Waals surface area contributed by atoms with Crippen molar-refractivity contribution in [1.82, 2.24) is 9.88 Å². The van der Waals surface area contributed by atoms with Crippen LogP contribution in [0.2, 0.25) is 0 Å². The Bertz CT molecular complexity index is 873. The monoisotopic (exact) mass is 265 g/mol. The summed E-state index contributed by atoms with van der Waals surface area (Å²) in [6.07, 6.45) is 1.95. The number of para-hydroxylation sites is 2. The molecule has 91 valence electrons. The standard InChI is InChI=1S/C15H9N2OS/c18-15-17(12-7-3-4-8-13(12)19-15)14-9-10-5-1-2-6-11(10)16-14/h1-9H. The van der Waals surface area contributed by atoms with E-state index in [0.29, 0.717) is 5.82 Å². The predicted molar refractivity (Wildman–Crippen MR) is 78.5 cm³/mol. The van der Waals surface area contributed by atoms with Crippen molar-refractivity contribution in [2.45, 2.75) is 0 Å². The Kier molecular flexibility index (Phi) is 2.13. The molecule has 1 radical (unpaired) electrons. The van der Waals surface area contributed by atoms with Gasteiger partial charge in [-0.25, -0.2) is 5.32 Å². The van der Waals surface area contributed by atoms with Gasteiger partial charge in [0.1, 0.15) is 5.82 Å². The summed E-state index contributed by atoms with van der Waals surface area (Å²) in [5, 5.41) is 4.54. The molecule has 2 aromatic carbocycles. The summed E-state index contributed by atoms with van der Waals surface area (Å²) in [5.41, 5.74) is 2.89. The van der Waals surface area contributed by atoms with Crippen LogP contribution in [0.3, 0.4) is 0 Å². The average Bonchev–Trinajstić information content (AvgIpc) is 2.97. The predicted octanol–water partition coefficient (Wildman–Crippen LogP) is 3.27. The number of hydrogen-bond acceptors (Lipinski definition) is 2. The maximum atomic E-state index is 12.2. The second-order valence-corrected chi connectivity index (χ2v) is 5.34. The van der Waals surface area contributed by atoms with Gasteiger partial charge in [0.15, 0.2) is 0 Å². The van der Waals surface area contributed by atoms with E-state index < -0.39 is 0 Å². The minimum atomic E-state index is 0.00371. The highest BCUT2D eigenvalue weighted by molar-refractivity contribution is 7.16. The zero-order valence-electron chi connectivity index (χ0n) is 9.91. The molecule has 0 fully saturated rings. The van der Waals surface area contributed by atoms with E-state index in [1.165, 1.54) is 11.3 Å². The van der Waals surface area contributed by atoms with Gasteiger partial charge in [0.2, 0.25) is 0 Å². The number of aromatic nitrogens is 1. The largest absolute Gasteiger partial charge is 0.313 e. The molecule has 3 aromatic rings. The van der Waals surface area contributed by atoms with Crippen LogP contribution >= 0.6 is 11.3 Å². The lowest BCUT2D eigenvalue weighted by molar-refractivity contribution is 1.02. The van der Waals surface area contributed by atoms with E-state index in [2.05, 4.69) is 5.32 Å². The molecule has 1 aromatic heterocycles. The maximum Gasteiger partial charge on any atom is 0.313 e. The van der Waals surface area contributed by atoms with E-state index in [0.717, 1.165) is 21.5 Å². The summed E-state index contributed by atoms with van der Waals surface area (Å²) >= 11 is 1.25. The number of hydrogen-bond donors (Lipinski definition) is 0. The molecule has 0 saturated carbocycles. The quantitative estimate of drug-likeness (QED) is 0.665. The molecule has 1 aliphatic rings. The van der Waals surface area contributed by atoms with Crippen LogP contribution in [0, 0.1) is 0 Å². The van der Waals surface area contributed by atoms with Crippen LogP contribution in [0.15, 0.2) is 53.3 Å². The molecular formula is C15H9N2OS. The fourth-order valence-electron chi connectivity index (χ4n) is 2.30. The van der Waals surface area contributed by atoms with Crippen LogP contribution in [0.1, 0.15) is 5.56 Å². The third-order valence-corrected chi connectivity index (χ3v) is 4.09. The highest BCUT2D eigenvalue weighted by Gasteiger charge is 2.18. The van der Waals surface area contributed by atoms with E-state index in [4.69, 9.17) is 0 Å². The molecule has 19 heavy (non-hydrogen) atoms. The lowest BCUT2D eigenvalue weighted by Crippen LogP contribution is -2.14. The van der Waals surface area contributed by atoms with Crippen molar-refractivity contribution < 1.29 is 0 Å². The van der Waals surface area contributed by atoms with Crippen LogP contribution in [-0.4, -0.2) is 4.57 Å².